The number of anilines is 1. The Morgan fingerprint density at radius 3 is 2.17 bits per heavy atom. The van der Waals surface area contributed by atoms with Crippen molar-refractivity contribution in [2.24, 2.45) is 0 Å². The summed E-state index contributed by atoms with van der Waals surface area (Å²) in [6.45, 7) is 3.50. The first-order valence-electron chi connectivity index (χ1n) is 14.1. The van der Waals surface area contributed by atoms with Crippen LogP contribution < -0.4 is 14.4 Å². The van der Waals surface area contributed by atoms with Crippen LogP contribution in [0.3, 0.4) is 0 Å². The fourth-order valence-electron chi connectivity index (χ4n) is 5.18. The lowest BCUT2D eigenvalue weighted by molar-refractivity contribution is -0.140. The standard InChI is InChI=1S/C32H39N3O5S/c1-4-30(32(37)33-26-12-8-9-13-26)34(22-25-10-6-5-7-11-25)31(36)23-35(27-16-14-24(2)15-17-27)41(38,39)29-20-18-28(40-3)19-21-29/h5-7,10-11,14-21,26,30H,4,8-9,12-13,22-23H2,1-3H3,(H,33,37). The molecule has 1 aliphatic carbocycles. The number of ether oxygens (including phenoxy) is 1. The molecule has 3 aromatic carbocycles. The molecule has 0 aliphatic heterocycles. The molecule has 8 nitrogen and oxygen atoms in total. The maximum Gasteiger partial charge on any atom is 0.264 e. The summed E-state index contributed by atoms with van der Waals surface area (Å²) in [7, 11) is -2.63. The van der Waals surface area contributed by atoms with Crippen molar-refractivity contribution in [3.05, 3.63) is 90.0 Å². The highest BCUT2D eigenvalue weighted by Gasteiger charge is 2.34. The first kappa shape index (κ1) is 30.1. The summed E-state index contributed by atoms with van der Waals surface area (Å²) in [6.07, 6.45) is 4.39. The molecule has 0 heterocycles. The third-order valence-electron chi connectivity index (χ3n) is 7.53. The van der Waals surface area contributed by atoms with Gasteiger partial charge in [-0.3, -0.25) is 13.9 Å². The molecular formula is C32H39N3O5S. The van der Waals surface area contributed by atoms with Crippen molar-refractivity contribution < 1.29 is 22.7 Å². The van der Waals surface area contributed by atoms with Crippen LogP contribution in [0, 0.1) is 6.92 Å². The van der Waals surface area contributed by atoms with Crippen LogP contribution in [0.15, 0.2) is 83.8 Å². The van der Waals surface area contributed by atoms with Crippen LogP contribution in [-0.4, -0.2) is 50.9 Å². The zero-order valence-electron chi connectivity index (χ0n) is 24.0. The molecule has 41 heavy (non-hydrogen) atoms. The third kappa shape index (κ3) is 7.47. The molecule has 1 unspecified atom stereocenters. The second-order valence-electron chi connectivity index (χ2n) is 10.4. The van der Waals surface area contributed by atoms with Gasteiger partial charge in [-0.25, -0.2) is 8.42 Å². The fourth-order valence-corrected chi connectivity index (χ4v) is 6.60. The first-order valence-corrected chi connectivity index (χ1v) is 15.5. The van der Waals surface area contributed by atoms with E-state index in [4.69, 9.17) is 4.74 Å². The fraction of sp³-hybridized carbons (Fsp3) is 0.375. The first-order chi connectivity index (χ1) is 19.7. The number of hydrogen-bond donors (Lipinski definition) is 1. The van der Waals surface area contributed by atoms with E-state index in [0.717, 1.165) is 41.1 Å². The molecule has 2 amide bonds. The van der Waals surface area contributed by atoms with Gasteiger partial charge in [-0.1, -0.05) is 67.8 Å². The van der Waals surface area contributed by atoms with E-state index in [2.05, 4.69) is 5.32 Å². The topological polar surface area (TPSA) is 96.0 Å². The number of aryl methyl sites for hydroxylation is 1. The second kappa shape index (κ2) is 13.7. The Morgan fingerprint density at radius 2 is 1.59 bits per heavy atom. The number of carbonyl (C=O) groups is 2. The zero-order chi connectivity index (χ0) is 29.4. The second-order valence-corrected chi connectivity index (χ2v) is 12.3. The van der Waals surface area contributed by atoms with Crippen molar-refractivity contribution in [2.75, 3.05) is 18.0 Å². The summed E-state index contributed by atoms with van der Waals surface area (Å²) in [5.41, 5.74) is 2.18. The van der Waals surface area contributed by atoms with Crippen LogP contribution >= 0.6 is 0 Å². The molecule has 0 saturated heterocycles. The number of amides is 2. The maximum absolute atomic E-state index is 14.1. The van der Waals surface area contributed by atoms with Crippen LogP contribution in [0.2, 0.25) is 0 Å². The molecule has 3 aromatic rings. The Kier molecular flexibility index (Phi) is 10.0. The highest BCUT2D eigenvalue weighted by molar-refractivity contribution is 7.92. The van der Waals surface area contributed by atoms with Gasteiger partial charge in [0.05, 0.1) is 17.7 Å². The molecule has 1 atom stereocenters. The summed E-state index contributed by atoms with van der Waals surface area (Å²) < 4.78 is 34.3. The van der Waals surface area contributed by atoms with Crippen molar-refractivity contribution in [1.29, 1.82) is 0 Å². The van der Waals surface area contributed by atoms with Gasteiger partial charge in [-0.05, 0) is 68.1 Å². The number of rotatable bonds is 12. The lowest BCUT2D eigenvalue weighted by Crippen LogP contribution is -2.53. The zero-order valence-corrected chi connectivity index (χ0v) is 24.8. The van der Waals surface area contributed by atoms with E-state index in [9.17, 15) is 18.0 Å². The normalized spacial score (nSPS) is 14.3. The Labute approximate surface area is 243 Å². The quantitative estimate of drug-likeness (QED) is 0.325. The van der Waals surface area contributed by atoms with E-state index in [-0.39, 0.29) is 23.4 Å². The monoisotopic (exact) mass is 577 g/mol. The molecule has 218 valence electrons. The molecule has 1 aliphatic rings. The van der Waals surface area contributed by atoms with Gasteiger partial charge >= 0.3 is 0 Å². The number of sulfonamides is 1. The number of methoxy groups -OCH3 is 1. The minimum atomic E-state index is -4.13. The molecule has 1 fully saturated rings. The summed E-state index contributed by atoms with van der Waals surface area (Å²) in [6, 6.07) is 21.9. The maximum atomic E-state index is 14.1. The van der Waals surface area contributed by atoms with Crippen molar-refractivity contribution in [3.8, 4) is 5.75 Å². The smallest absolute Gasteiger partial charge is 0.264 e. The van der Waals surface area contributed by atoms with Gasteiger partial charge in [0.1, 0.15) is 18.3 Å². The average molecular weight is 578 g/mol. The van der Waals surface area contributed by atoms with Crippen LogP contribution in [0.25, 0.3) is 0 Å². The number of nitrogens with zero attached hydrogens (tertiary/aromatic N) is 2. The Balaban J connectivity index is 1.69. The third-order valence-corrected chi connectivity index (χ3v) is 9.32. The minimum absolute atomic E-state index is 0.0345. The van der Waals surface area contributed by atoms with E-state index >= 15 is 0 Å². The van der Waals surface area contributed by atoms with Crippen molar-refractivity contribution in [1.82, 2.24) is 10.2 Å². The number of hydrogen-bond acceptors (Lipinski definition) is 5. The Morgan fingerprint density at radius 1 is 0.951 bits per heavy atom. The minimum Gasteiger partial charge on any atom is -0.497 e. The Bertz CT molecular complexity index is 1400. The van der Waals surface area contributed by atoms with E-state index < -0.39 is 28.5 Å². The highest BCUT2D eigenvalue weighted by Crippen LogP contribution is 2.27. The largest absolute Gasteiger partial charge is 0.497 e. The molecule has 9 heteroatoms. The van der Waals surface area contributed by atoms with Gasteiger partial charge in [-0.15, -0.1) is 0 Å². The van der Waals surface area contributed by atoms with E-state index in [1.165, 1.54) is 24.1 Å². The average Bonchev–Trinajstić information content (AvgIpc) is 3.49. The molecular weight excluding hydrogens is 538 g/mol. The Hall–Kier alpha value is -3.85. The summed E-state index contributed by atoms with van der Waals surface area (Å²) in [5, 5.41) is 3.13. The van der Waals surface area contributed by atoms with E-state index in [1.807, 2.05) is 56.3 Å². The van der Waals surface area contributed by atoms with Crippen LogP contribution in [-0.2, 0) is 26.2 Å². The molecule has 0 radical (unpaired) electrons. The highest BCUT2D eigenvalue weighted by atomic mass is 32.2. The molecule has 1 saturated carbocycles. The SMILES string of the molecule is CCC(C(=O)NC1CCCC1)N(Cc1ccccc1)C(=O)CN(c1ccc(C)cc1)S(=O)(=O)c1ccc(OC)cc1. The predicted octanol–water partition coefficient (Wildman–Crippen LogP) is 5.07. The lowest BCUT2D eigenvalue weighted by atomic mass is 10.1. The summed E-state index contributed by atoms with van der Waals surface area (Å²) in [5.74, 6) is -0.140. The van der Waals surface area contributed by atoms with E-state index in [0.29, 0.717) is 17.9 Å². The molecule has 0 bridgehead atoms. The van der Waals surface area contributed by atoms with Gasteiger partial charge in [0.25, 0.3) is 10.0 Å². The molecule has 0 spiro atoms. The van der Waals surface area contributed by atoms with Crippen LogP contribution in [0.4, 0.5) is 5.69 Å². The van der Waals surface area contributed by atoms with Gasteiger partial charge in [0.2, 0.25) is 11.8 Å². The van der Waals surface area contributed by atoms with Gasteiger partial charge in [-0.2, -0.15) is 0 Å². The van der Waals surface area contributed by atoms with Gasteiger partial charge in [0.15, 0.2) is 0 Å². The lowest BCUT2D eigenvalue weighted by Gasteiger charge is -2.33. The number of benzene rings is 3. The molecule has 1 N–H and O–H groups in total. The van der Waals surface area contributed by atoms with Crippen LogP contribution in [0.5, 0.6) is 5.75 Å². The van der Waals surface area contributed by atoms with E-state index in [1.54, 1.807) is 24.3 Å². The van der Waals surface area contributed by atoms with Crippen molar-refractivity contribution in [3.63, 3.8) is 0 Å². The predicted molar refractivity (Wildman–Crippen MR) is 160 cm³/mol. The number of carbonyl (C=O) groups excluding carboxylic acids is 2. The van der Waals surface area contributed by atoms with Crippen molar-refractivity contribution >= 4 is 27.5 Å². The van der Waals surface area contributed by atoms with Crippen LogP contribution in [0.1, 0.15) is 50.2 Å². The molecule has 4 rings (SSSR count). The van der Waals surface area contributed by atoms with Crippen molar-refractivity contribution in [2.45, 2.75) is 69.5 Å². The molecule has 0 aromatic heterocycles. The summed E-state index contributed by atoms with van der Waals surface area (Å²) >= 11 is 0. The summed E-state index contributed by atoms with van der Waals surface area (Å²) in [4.78, 5) is 29.2. The number of nitrogens with one attached hydrogen (secondary N) is 1. The van der Waals surface area contributed by atoms with Gasteiger partial charge in [0, 0.05) is 12.6 Å². The van der Waals surface area contributed by atoms with Gasteiger partial charge < -0.3 is 15.0 Å².